The van der Waals surface area contributed by atoms with E-state index in [2.05, 4.69) is 0 Å². The maximum absolute atomic E-state index is 12.3. The molecule has 3 saturated heterocycles. The Balaban J connectivity index is 1.37. The Labute approximate surface area is 142 Å². The summed E-state index contributed by atoms with van der Waals surface area (Å²) < 4.78 is 16.6. The SMILES string of the molecule is O=C(O)[C@H]1CC[C@@H](C2CCN(C(=O)COC3CCOCC3)CC2)O1. The maximum Gasteiger partial charge on any atom is 0.332 e. The number of carbonyl (C=O) groups is 2. The number of hydrogen-bond acceptors (Lipinski definition) is 5. The summed E-state index contributed by atoms with van der Waals surface area (Å²) in [5, 5.41) is 9.01. The van der Waals surface area contributed by atoms with Crippen molar-refractivity contribution in [3.05, 3.63) is 0 Å². The second-order valence-electron chi connectivity index (χ2n) is 6.92. The molecule has 0 aliphatic carbocycles. The van der Waals surface area contributed by atoms with Crippen molar-refractivity contribution in [1.82, 2.24) is 4.90 Å². The van der Waals surface area contributed by atoms with Crippen molar-refractivity contribution in [2.45, 2.75) is 56.8 Å². The summed E-state index contributed by atoms with van der Waals surface area (Å²) in [5.41, 5.74) is 0. The molecule has 3 heterocycles. The van der Waals surface area contributed by atoms with Crippen LogP contribution in [0.25, 0.3) is 0 Å². The first-order valence-corrected chi connectivity index (χ1v) is 8.99. The van der Waals surface area contributed by atoms with E-state index in [0.717, 1.165) is 32.1 Å². The van der Waals surface area contributed by atoms with Crippen molar-refractivity contribution >= 4 is 11.9 Å². The van der Waals surface area contributed by atoms with E-state index in [0.29, 0.717) is 38.6 Å². The van der Waals surface area contributed by atoms with Crippen LogP contribution in [0, 0.1) is 5.92 Å². The molecule has 3 aliphatic rings. The number of carboxylic acid groups (broad SMARTS) is 1. The van der Waals surface area contributed by atoms with Gasteiger partial charge < -0.3 is 24.2 Å². The van der Waals surface area contributed by atoms with E-state index >= 15 is 0 Å². The van der Waals surface area contributed by atoms with Gasteiger partial charge in [-0.3, -0.25) is 4.79 Å². The average Bonchev–Trinajstić information content (AvgIpc) is 3.11. The highest BCUT2D eigenvalue weighted by Crippen LogP contribution is 2.32. The normalized spacial score (nSPS) is 29.8. The molecule has 0 aromatic heterocycles. The Morgan fingerprint density at radius 3 is 2.38 bits per heavy atom. The summed E-state index contributed by atoms with van der Waals surface area (Å²) in [5.74, 6) is -0.458. The Bertz CT molecular complexity index is 442. The topological polar surface area (TPSA) is 85.3 Å². The molecule has 0 unspecified atom stereocenters. The van der Waals surface area contributed by atoms with Crippen molar-refractivity contribution < 1.29 is 28.9 Å². The molecule has 7 heteroatoms. The molecule has 0 spiro atoms. The third-order valence-electron chi connectivity index (χ3n) is 5.36. The molecule has 0 bridgehead atoms. The van der Waals surface area contributed by atoms with Gasteiger partial charge in [0.1, 0.15) is 6.61 Å². The first-order chi connectivity index (χ1) is 11.6. The van der Waals surface area contributed by atoms with Gasteiger partial charge >= 0.3 is 5.97 Å². The standard InChI is InChI=1S/C17H27NO6/c19-16(11-23-13-5-9-22-10-6-13)18-7-3-12(4-8-18)14-1-2-15(24-14)17(20)21/h12-15H,1-11H2,(H,20,21)/t14-,15+/m0/s1. The fourth-order valence-corrected chi connectivity index (χ4v) is 3.83. The van der Waals surface area contributed by atoms with Crippen LogP contribution in [0.5, 0.6) is 0 Å². The van der Waals surface area contributed by atoms with Crippen molar-refractivity contribution in [2.24, 2.45) is 5.92 Å². The molecule has 2 atom stereocenters. The number of aliphatic carboxylic acids is 1. The Hall–Kier alpha value is -1.18. The zero-order chi connectivity index (χ0) is 16.9. The van der Waals surface area contributed by atoms with Gasteiger partial charge in [0.2, 0.25) is 5.91 Å². The molecule has 1 N–H and O–H groups in total. The van der Waals surface area contributed by atoms with Gasteiger partial charge in [0.15, 0.2) is 6.10 Å². The number of likely N-dealkylation sites (tertiary alicyclic amines) is 1. The van der Waals surface area contributed by atoms with E-state index in [9.17, 15) is 9.59 Å². The van der Waals surface area contributed by atoms with Crippen LogP contribution >= 0.6 is 0 Å². The van der Waals surface area contributed by atoms with Crippen molar-refractivity contribution in [2.75, 3.05) is 32.9 Å². The number of amides is 1. The number of rotatable bonds is 5. The molecule has 136 valence electrons. The zero-order valence-corrected chi connectivity index (χ0v) is 14.0. The molecule has 3 rings (SSSR count). The van der Waals surface area contributed by atoms with Crippen LogP contribution < -0.4 is 0 Å². The van der Waals surface area contributed by atoms with Gasteiger partial charge in [-0.2, -0.15) is 0 Å². The van der Waals surface area contributed by atoms with E-state index in [1.54, 1.807) is 0 Å². The third kappa shape index (κ3) is 4.46. The lowest BCUT2D eigenvalue weighted by molar-refractivity contribution is -0.151. The summed E-state index contributed by atoms with van der Waals surface area (Å²) >= 11 is 0. The van der Waals surface area contributed by atoms with E-state index in [1.807, 2.05) is 4.90 Å². The number of hydrogen-bond donors (Lipinski definition) is 1. The molecule has 0 aromatic rings. The quantitative estimate of drug-likeness (QED) is 0.805. The zero-order valence-electron chi connectivity index (χ0n) is 14.0. The Kier molecular flexibility index (Phi) is 6.08. The highest BCUT2D eigenvalue weighted by atomic mass is 16.5. The van der Waals surface area contributed by atoms with Crippen LogP contribution in [0.4, 0.5) is 0 Å². The minimum atomic E-state index is -0.865. The predicted octanol–water partition coefficient (Wildman–Crippen LogP) is 1.05. The molecular weight excluding hydrogens is 314 g/mol. The first-order valence-electron chi connectivity index (χ1n) is 8.99. The van der Waals surface area contributed by atoms with Crippen LogP contribution in [0.2, 0.25) is 0 Å². The minimum Gasteiger partial charge on any atom is -0.479 e. The number of carboxylic acids is 1. The second-order valence-corrected chi connectivity index (χ2v) is 6.92. The third-order valence-corrected chi connectivity index (χ3v) is 5.36. The molecule has 3 aliphatic heterocycles. The highest BCUT2D eigenvalue weighted by molar-refractivity contribution is 5.77. The van der Waals surface area contributed by atoms with E-state index < -0.39 is 12.1 Å². The van der Waals surface area contributed by atoms with Gasteiger partial charge in [-0.15, -0.1) is 0 Å². The highest BCUT2D eigenvalue weighted by Gasteiger charge is 2.37. The van der Waals surface area contributed by atoms with E-state index in [-0.39, 0.29) is 24.7 Å². The summed E-state index contributed by atoms with van der Waals surface area (Å²) in [4.78, 5) is 25.1. The summed E-state index contributed by atoms with van der Waals surface area (Å²) in [6.45, 7) is 2.98. The Morgan fingerprint density at radius 2 is 1.75 bits per heavy atom. The van der Waals surface area contributed by atoms with Crippen molar-refractivity contribution in [1.29, 1.82) is 0 Å². The van der Waals surface area contributed by atoms with Crippen LogP contribution in [0.3, 0.4) is 0 Å². The lowest BCUT2D eigenvalue weighted by Gasteiger charge is -2.35. The molecule has 0 radical (unpaired) electrons. The van der Waals surface area contributed by atoms with Crippen LogP contribution in [-0.4, -0.2) is 73.1 Å². The molecule has 1 amide bonds. The molecule has 24 heavy (non-hydrogen) atoms. The van der Waals surface area contributed by atoms with Crippen LogP contribution in [0.1, 0.15) is 38.5 Å². The minimum absolute atomic E-state index is 0.0295. The molecule has 7 nitrogen and oxygen atoms in total. The van der Waals surface area contributed by atoms with E-state index in [4.69, 9.17) is 19.3 Å². The predicted molar refractivity (Wildman–Crippen MR) is 84.6 cm³/mol. The second kappa shape index (κ2) is 8.27. The fourth-order valence-electron chi connectivity index (χ4n) is 3.83. The summed E-state index contributed by atoms with van der Waals surface area (Å²) in [6, 6.07) is 0. The smallest absolute Gasteiger partial charge is 0.332 e. The van der Waals surface area contributed by atoms with Gasteiger partial charge in [0.25, 0.3) is 0 Å². The number of nitrogens with zero attached hydrogens (tertiary/aromatic N) is 1. The van der Waals surface area contributed by atoms with Gasteiger partial charge in [0, 0.05) is 26.3 Å². The molecule has 3 fully saturated rings. The number of carbonyl (C=O) groups excluding carboxylic acids is 1. The Morgan fingerprint density at radius 1 is 1.04 bits per heavy atom. The van der Waals surface area contributed by atoms with Crippen molar-refractivity contribution in [3.63, 3.8) is 0 Å². The average molecular weight is 341 g/mol. The summed E-state index contributed by atoms with van der Waals surface area (Å²) in [6.07, 6.45) is 4.39. The van der Waals surface area contributed by atoms with Gasteiger partial charge in [-0.1, -0.05) is 0 Å². The molecule has 0 aromatic carbocycles. The van der Waals surface area contributed by atoms with Crippen LogP contribution in [-0.2, 0) is 23.8 Å². The van der Waals surface area contributed by atoms with E-state index in [1.165, 1.54) is 0 Å². The number of ether oxygens (including phenoxy) is 3. The van der Waals surface area contributed by atoms with Gasteiger partial charge in [-0.05, 0) is 44.4 Å². The molecule has 0 saturated carbocycles. The molecular formula is C17H27NO6. The van der Waals surface area contributed by atoms with Gasteiger partial charge in [-0.25, -0.2) is 4.79 Å². The first kappa shape index (κ1) is 17.6. The largest absolute Gasteiger partial charge is 0.479 e. The number of piperidine rings is 1. The fraction of sp³-hybridized carbons (Fsp3) is 0.882. The lowest BCUT2D eigenvalue weighted by Crippen LogP contribution is -2.43. The lowest BCUT2D eigenvalue weighted by atomic mass is 9.89. The maximum atomic E-state index is 12.3. The van der Waals surface area contributed by atoms with Crippen molar-refractivity contribution in [3.8, 4) is 0 Å². The monoisotopic (exact) mass is 341 g/mol. The van der Waals surface area contributed by atoms with Crippen LogP contribution in [0.15, 0.2) is 0 Å². The summed E-state index contributed by atoms with van der Waals surface area (Å²) in [7, 11) is 0. The van der Waals surface area contributed by atoms with Gasteiger partial charge in [0.05, 0.1) is 12.2 Å².